The quantitative estimate of drug-likeness (QED) is 0.161. The molecule has 0 bridgehead atoms. The minimum absolute atomic E-state index is 0.121. The fourth-order valence-electron chi connectivity index (χ4n) is 3.81. The van der Waals surface area contributed by atoms with Crippen LogP contribution in [0, 0.1) is 0 Å². The number of hydrogen-bond acceptors (Lipinski definition) is 14. The summed E-state index contributed by atoms with van der Waals surface area (Å²) in [5.41, 5.74) is -0.240. The van der Waals surface area contributed by atoms with Crippen molar-refractivity contribution in [2.75, 3.05) is 20.3 Å². The molecule has 14 nitrogen and oxygen atoms in total. The van der Waals surface area contributed by atoms with Gasteiger partial charge in [-0.3, -0.25) is 4.79 Å². The maximum atomic E-state index is 12.0. The van der Waals surface area contributed by atoms with Gasteiger partial charge in [0.1, 0.15) is 71.6 Å². The zero-order valence-corrected chi connectivity index (χ0v) is 18.9. The van der Waals surface area contributed by atoms with Crippen molar-refractivity contribution in [1.82, 2.24) is 0 Å². The van der Waals surface area contributed by atoms with Crippen LogP contribution >= 0.6 is 0 Å². The van der Waals surface area contributed by atoms with Crippen molar-refractivity contribution in [3.05, 3.63) is 17.7 Å². The van der Waals surface area contributed by atoms with Gasteiger partial charge in [-0.05, 0) is 6.92 Å². The van der Waals surface area contributed by atoms with E-state index in [0.29, 0.717) is 0 Å². The van der Waals surface area contributed by atoms with Gasteiger partial charge in [-0.1, -0.05) is 0 Å². The van der Waals surface area contributed by atoms with E-state index in [4.69, 9.17) is 23.7 Å². The molecule has 198 valence electrons. The van der Waals surface area contributed by atoms with Crippen molar-refractivity contribution in [2.24, 2.45) is 0 Å². The van der Waals surface area contributed by atoms with E-state index < -0.39 is 86.2 Å². The van der Waals surface area contributed by atoms with Gasteiger partial charge in [0.15, 0.2) is 12.1 Å². The minimum atomic E-state index is -1.79. The van der Waals surface area contributed by atoms with Gasteiger partial charge in [-0.15, -0.1) is 0 Å². The molecule has 10 atom stereocenters. The Morgan fingerprint density at radius 2 is 1.46 bits per heavy atom. The molecule has 10 unspecified atom stereocenters. The van der Waals surface area contributed by atoms with Crippen LogP contribution in [0.5, 0.6) is 17.2 Å². The molecule has 8 N–H and O–H groups in total. The first-order chi connectivity index (χ1) is 16.5. The van der Waals surface area contributed by atoms with Crippen LogP contribution in [0.1, 0.15) is 17.3 Å². The van der Waals surface area contributed by atoms with Crippen molar-refractivity contribution in [1.29, 1.82) is 0 Å². The molecule has 1 aromatic rings. The maximum absolute atomic E-state index is 12.0. The SMILES string of the molecule is COc1cc(O)c(C(C)=O)c(OC2OC(COC3OC(CO)C(O)C(O)C3O)C(O)C(O)C2O)c1. The molecule has 3 rings (SSSR count). The second-order valence-electron chi connectivity index (χ2n) is 8.24. The Hall–Kier alpha value is -2.11. The average Bonchev–Trinajstić information content (AvgIpc) is 2.82. The van der Waals surface area contributed by atoms with Crippen molar-refractivity contribution in [3.8, 4) is 17.2 Å². The van der Waals surface area contributed by atoms with Gasteiger partial charge in [0.05, 0.1) is 20.3 Å². The molecule has 0 spiro atoms. The average molecular weight is 506 g/mol. The highest BCUT2D eigenvalue weighted by molar-refractivity contribution is 5.99. The molecule has 0 aliphatic carbocycles. The summed E-state index contributed by atoms with van der Waals surface area (Å²) in [6.07, 6.45) is -16.1. The van der Waals surface area contributed by atoms with Crippen molar-refractivity contribution < 1.29 is 69.3 Å². The Balaban J connectivity index is 1.76. The lowest BCUT2D eigenvalue weighted by Crippen LogP contribution is -2.62. The van der Waals surface area contributed by atoms with Crippen LogP contribution in [0.25, 0.3) is 0 Å². The first-order valence-electron chi connectivity index (χ1n) is 10.7. The number of benzene rings is 1. The van der Waals surface area contributed by atoms with Gasteiger partial charge in [0.2, 0.25) is 6.29 Å². The normalized spacial score (nSPS) is 37.6. The Bertz CT molecular complexity index is 878. The number of ketones is 1. The number of aliphatic hydroxyl groups excluding tert-OH is 7. The second-order valence-corrected chi connectivity index (χ2v) is 8.24. The monoisotopic (exact) mass is 506 g/mol. The van der Waals surface area contributed by atoms with Crippen LogP contribution in [-0.4, -0.2) is 128 Å². The van der Waals surface area contributed by atoms with Gasteiger partial charge in [-0.25, -0.2) is 0 Å². The number of aromatic hydroxyl groups is 1. The van der Waals surface area contributed by atoms with Gasteiger partial charge in [0, 0.05) is 12.1 Å². The van der Waals surface area contributed by atoms with E-state index in [9.17, 15) is 45.6 Å². The minimum Gasteiger partial charge on any atom is -0.507 e. The third-order valence-corrected chi connectivity index (χ3v) is 5.83. The predicted molar refractivity (Wildman–Crippen MR) is 112 cm³/mol. The second kappa shape index (κ2) is 11.3. The molecule has 14 heteroatoms. The van der Waals surface area contributed by atoms with Crippen LogP contribution in [0.15, 0.2) is 12.1 Å². The molecular formula is C21H30O14. The Morgan fingerprint density at radius 3 is 2.03 bits per heavy atom. The van der Waals surface area contributed by atoms with E-state index in [1.807, 2.05) is 0 Å². The molecule has 2 fully saturated rings. The zero-order valence-electron chi connectivity index (χ0n) is 18.9. The van der Waals surface area contributed by atoms with Gasteiger partial charge < -0.3 is 64.5 Å². The van der Waals surface area contributed by atoms with Crippen LogP contribution in [-0.2, 0) is 14.2 Å². The zero-order chi connectivity index (χ0) is 26.0. The predicted octanol–water partition coefficient (Wildman–Crippen LogP) is -3.39. The molecule has 1 aromatic carbocycles. The number of carbonyl (C=O) groups excluding carboxylic acids is 1. The topological polar surface area (TPSA) is 225 Å². The first-order valence-corrected chi connectivity index (χ1v) is 10.7. The molecule has 0 aromatic heterocycles. The fraction of sp³-hybridized carbons (Fsp3) is 0.667. The van der Waals surface area contributed by atoms with Crippen molar-refractivity contribution in [3.63, 3.8) is 0 Å². The maximum Gasteiger partial charge on any atom is 0.229 e. The number of ether oxygens (including phenoxy) is 5. The van der Waals surface area contributed by atoms with Gasteiger partial charge >= 0.3 is 0 Å². The summed E-state index contributed by atoms with van der Waals surface area (Å²) in [4.78, 5) is 12.0. The number of phenolic OH excluding ortho intramolecular Hbond substituents is 1. The molecule has 0 radical (unpaired) electrons. The highest BCUT2D eigenvalue weighted by Crippen LogP contribution is 2.36. The molecule has 2 heterocycles. The number of phenols is 1. The number of aliphatic hydroxyl groups is 7. The van der Waals surface area contributed by atoms with Crippen LogP contribution in [0.2, 0.25) is 0 Å². The number of carbonyl (C=O) groups is 1. The molecule has 35 heavy (non-hydrogen) atoms. The first kappa shape index (κ1) is 27.5. The van der Waals surface area contributed by atoms with Crippen LogP contribution in [0.4, 0.5) is 0 Å². The van der Waals surface area contributed by atoms with Crippen molar-refractivity contribution in [2.45, 2.75) is 68.3 Å². The molecule has 2 aliphatic rings. The van der Waals surface area contributed by atoms with E-state index >= 15 is 0 Å². The third-order valence-electron chi connectivity index (χ3n) is 5.83. The molecule has 2 saturated heterocycles. The number of Topliss-reactive ketones (excluding diaryl/α,β-unsaturated/α-hetero) is 1. The third kappa shape index (κ3) is 5.67. The fourth-order valence-corrected chi connectivity index (χ4v) is 3.81. The number of hydrogen-bond donors (Lipinski definition) is 8. The number of methoxy groups -OCH3 is 1. The summed E-state index contributed by atoms with van der Waals surface area (Å²) in [7, 11) is 1.31. The smallest absolute Gasteiger partial charge is 0.229 e. The summed E-state index contributed by atoms with van der Waals surface area (Å²) in [5, 5.41) is 80.2. The van der Waals surface area contributed by atoms with E-state index in [1.54, 1.807) is 0 Å². The molecule has 0 saturated carbocycles. The van der Waals surface area contributed by atoms with Crippen LogP contribution < -0.4 is 9.47 Å². The Kier molecular flexibility index (Phi) is 8.87. The van der Waals surface area contributed by atoms with Gasteiger partial charge in [0.25, 0.3) is 0 Å². The Morgan fingerprint density at radius 1 is 0.886 bits per heavy atom. The molecule has 0 amide bonds. The highest BCUT2D eigenvalue weighted by Gasteiger charge is 2.48. The van der Waals surface area contributed by atoms with Gasteiger partial charge in [-0.2, -0.15) is 0 Å². The van der Waals surface area contributed by atoms with E-state index in [-0.39, 0.29) is 17.1 Å². The molecule has 2 aliphatic heterocycles. The van der Waals surface area contributed by atoms with Crippen molar-refractivity contribution >= 4 is 5.78 Å². The standard InChI is InChI=1S/C21H30O14/c1-7(23)13-9(24)3-8(31-2)4-10(13)33-21-19(30)17(28)15(26)12(35-21)6-32-20-18(29)16(27)14(25)11(5-22)34-20/h3-4,11-12,14-22,24-30H,5-6H2,1-2H3. The highest BCUT2D eigenvalue weighted by atomic mass is 16.7. The summed E-state index contributed by atoms with van der Waals surface area (Å²) < 4.78 is 26.7. The van der Waals surface area contributed by atoms with E-state index in [0.717, 1.165) is 0 Å². The summed E-state index contributed by atoms with van der Waals surface area (Å²) in [6, 6.07) is 2.43. The lowest BCUT2D eigenvalue weighted by molar-refractivity contribution is -0.323. The number of rotatable bonds is 8. The summed E-state index contributed by atoms with van der Waals surface area (Å²) >= 11 is 0. The van der Waals surface area contributed by atoms with E-state index in [2.05, 4.69) is 0 Å². The lowest BCUT2D eigenvalue weighted by Gasteiger charge is -2.42. The molecular weight excluding hydrogens is 476 g/mol. The summed E-state index contributed by atoms with van der Waals surface area (Å²) in [5.74, 6) is -1.14. The largest absolute Gasteiger partial charge is 0.507 e. The lowest BCUT2D eigenvalue weighted by atomic mass is 9.98. The Labute approximate surface area is 199 Å². The van der Waals surface area contributed by atoms with E-state index in [1.165, 1.54) is 26.2 Å². The van der Waals surface area contributed by atoms with Crippen LogP contribution in [0.3, 0.4) is 0 Å². The summed E-state index contributed by atoms with van der Waals surface area (Å²) in [6.45, 7) is -0.0707.